The lowest BCUT2D eigenvalue weighted by Gasteiger charge is -2.16. The molecule has 0 saturated heterocycles. The van der Waals surface area contributed by atoms with Crippen LogP contribution < -0.4 is 4.74 Å². The van der Waals surface area contributed by atoms with E-state index in [-0.39, 0.29) is 0 Å². The largest absolute Gasteiger partial charge is 0.493 e. The highest BCUT2D eigenvalue weighted by Gasteiger charge is 2.09. The van der Waals surface area contributed by atoms with Crippen molar-refractivity contribution in [2.24, 2.45) is 5.92 Å². The van der Waals surface area contributed by atoms with Crippen LogP contribution in [0.3, 0.4) is 0 Å². The van der Waals surface area contributed by atoms with Crippen LogP contribution in [0.4, 0.5) is 0 Å². The van der Waals surface area contributed by atoms with E-state index >= 15 is 0 Å². The standard InChI is InChI=1S/C15H21ClO2/c1-3-5-6-12(4-2)11-18-15-9-14(16)8-7-13(15)10-17/h7-10,12H,3-6,11H2,1-2H3. The summed E-state index contributed by atoms with van der Waals surface area (Å²) in [5, 5.41) is 0.595. The highest BCUT2D eigenvalue weighted by Crippen LogP contribution is 2.23. The first-order valence-electron chi connectivity index (χ1n) is 6.58. The highest BCUT2D eigenvalue weighted by atomic mass is 35.5. The van der Waals surface area contributed by atoms with E-state index in [2.05, 4.69) is 13.8 Å². The summed E-state index contributed by atoms with van der Waals surface area (Å²) in [7, 11) is 0. The molecular formula is C15H21ClO2. The van der Waals surface area contributed by atoms with Gasteiger partial charge in [-0.1, -0.05) is 44.7 Å². The van der Waals surface area contributed by atoms with Gasteiger partial charge in [0.25, 0.3) is 0 Å². The third-order valence-electron chi connectivity index (χ3n) is 3.12. The second-order valence-electron chi connectivity index (χ2n) is 4.53. The van der Waals surface area contributed by atoms with Crippen LogP contribution in [0.15, 0.2) is 18.2 Å². The van der Waals surface area contributed by atoms with E-state index < -0.39 is 0 Å². The van der Waals surface area contributed by atoms with E-state index in [1.165, 1.54) is 19.3 Å². The van der Waals surface area contributed by atoms with Gasteiger partial charge in [-0.25, -0.2) is 0 Å². The summed E-state index contributed by atoms with van der Waals surface area (Å²) in [6, 6.07) is 5.10. The van der Waals surface area contributed by atoms with Crippen molar-refractivity contribution < 1.29 is 9.53 Å². The number of aldehydes is 1. The van der Waals surface area contributed by atoms with Crippen molar-refractivity contribution in [3.05, 3.63) is 28.8 Å². The maximum absolute atomic E-state index is 10.9. The molecule has 0 saturated carbocycles. The lowest BCUT2D eigenvalue weighted by molar-refractivity contribution is 0.111. The monoisotopic (exact) mass is 268 g/mol. The normalized spacial score (nSPS) is 12.2. The lowest BCUT2D eigenvalue weighted by Crippen LogP contribution is -2.12. The fourth-order valence-electron chi connectivity index (χ4n) is 1.84. The minimum atomic E-state index is 0.545. The Hall–Kier alpha value is -1.02. The molecular weight excluding hydrogens is 248 g/mol. The van der Waals surface area contributed by atoms with Crippen LogP contribution in [0.1, 0.15) is 49.9 Å². The van der Waals surface area contributed by atoms with Gasteiger partial charge >= 0.3 is 0 Å². The van der Waals surface area contributed by atoms with Crippen molar-refractivity contribution in [2.45, 2.75) is 39.5 Å². The average molecular weight is 269 g/mol. The van der Waals surface area contributed by atoms with E-state index in [9.17, 15) is 4.79 Å². The van der Waals surface area contributed by atoms with E-state index in [0.29, 0.717) is 28.9 Å². The average Bonchev–Trinajstić information content (AvgIpc) is 2.39. The number of benzene rings is 1. The molecule has 1 aromatic rings. The molecule has 1 rings (SSSR count). The zero-order valence-electron chi connectivity index (χ0n) is 11.1. The molecule has 0 radical (unpaired) electrons. The smallest absolute Gasteiger partial charge is 0.153 e. The number of halogens is 1. The first-order chi connectivity index (χ1) is 8.71. The van der Waals surface area contributed by atoms with Gasteiger partial charge in [-0.15, -0.1) is 0 Å². The molecule has 0 aromatic heterocycles. The van der Waals surface area contributed by atoms with Crippen LogP contribution in [0.5, 0.6) is 5.75 Å². The summed E-state index contributed by atoms with van der Waals surface area (Å²) in [5.74, 6) is 1.14. The molecule has 100 valence electrons. The van der Waals surface area contributed by atoms with Crippen molar-refractivity contribution in [1.82, 2.24) is 0 Å². The Morgan fingerprint density at radius 1 is 1.39 bits per heavy atom. The summed E-state index contributed by atoms with van der Waals surface area (Å²) >= 11 is 5.91. The summed E-state index contributed by atoms with van der Waals surface area (Å²) in [6.45, 7) is 5.01. The second-order valence-corrected chi connectivity index (χ2v) is 4.96. The van der Waals surface area contributed by atoms with Crippen molar-refractivity contribution in [3.8, 4) is 5.75 Å². The molecule has 0 aliphatic carbocycles. The summed E-state index contributed by atoms with van der Waals surface area (Å²) in [6.07, 6.45) is 5.49. The first kappa shape index (κ1) is 15.0. The number of carbonyl (C=O) groups is 1. The van der Waals surface area contributed by atoms with E-state index in [0.717, 1.165) is 12.7 Å². The number of hydrogen-bond donors (Lipinski definition) is 0. The molecule has 0 heterocycles. The maximum Gasteiger partial charge on any atom is 0.153 e. The molecule has 1 aromatic carbocycles. The number of ether oxygens (including phenoxy) is 1. The molecule has 0 spiro atoms. The Morgan fingerprint density at radius 3 is 2.78 bits per heavy atom. The molecule has 18 heavy (non-hydrogen) atoms. The minimum absolute atomic E-state index is 0.545. The van der Waals surface area contributed by atoms with Crippen LogP contribution in [-0.2, 0) is 0 Å². The Bertz CT molecular complexity index is 377. The van der Waals surface area contributed by atoms with Gasteiger partial charge in [-0.2, -0.15) is 0 Å². The third kappa shape index (κ3) is 4.69. The highest BCUT2D eigenvalue weighted by molar-refractivity contribution is 6.30. The van der Waals surface area contributed by atoms with Gasteiger partial charge in [0.1, 0.15) is 5.75 Å². The van der Waals surface area contributed by atoms with Gasteiger partial charge in [0.15, 0.2) is 6.29 Å². The SMILES string of the molecule is CCCCC(CC)COc1cc(Cl)ccc1C=O. The molecule has 0 aliphatic rings. The molecule has 0 N–H and O–H groups in total. The molecule has 0 aliphatic heterocycles. The third-order valence-corrected chi connectivity index (χ3v) is 3.36. The fraction of sp³-hybridized carbons (Fsp3) is 0.533. The zero-order chi connectivity index (χ0) is 13.4. The predicted molar refractivity (Wildman–Crippen MR) is 75.6 cm³/mol. The quantitative estimate of drug-likeness (QED) is 0.636. The van der Waals surface area contributed by atoms with Gasteiger partial charge in [-0.05, 0) is 30.5 Å². The van der Waals surface area contributed by atoms with Crippen LogP contribution in [0.25, 0.3) is 0 Å². The van der Waals surface area contributed by atoms with Crippen LogP contribution in [0.2, 0.25) is 5.02 Å². The van der Waals surface area contributed by atoms with Gasteiger partial charge in [0.2, 0.25) is 0 Å². The summed E-state index contributed by atoms with van der Waals surface area (Å²) < 4.78 is 5.74. The molecule has 2 nitrogen and oxygen atoms in total. The van der Waals surface area contributed by atoms with Crippen molar-refractivity contribution in [2.75, 3.05) is 6.61 Å². The molecule has 1 unspecified atom stereocenters. The van der Waals surface area contributed by atoms with Gasteiger partial charge in [-0.3, -0.25) is 4.79 Å². The van der Waals surface area contributed by atoms with Crippen LogP contribution in [0, 0.1) is 5.92 Å². The Balaban J connectivity index is 2.60. The van der Waals surface area contributed by atoms with Crippen molar-refractivity contribution in [3.63, 3.8) is 0 Å². The van der Waals surface area contributed by atoms with Crippen LogP contribution in [-0.4, -0.2) is 12.9 Å². The van der Waals surface area contributed by atoms with Crippen molar-refractivity contribution >= 4 is 17.9 Å². The lowest BCUT2D eigenvalue weighted by atomic mass is 10.0. The van der Waals surface area contributed by atoms with Gasteiger partial charge in [0.05, 0.1) is 12.2 Å². The van der Waals surface area contributed by atoms with E-state index in [1.807, 2.05) is 0 Å². The predicted octanol–water partition coefficient (Wildman–Crippen LogP) is 4.75. The zero-order valence-corrected chi connectivity index (χ0v) is 11.9. The minimum Gasteiger partial charge on any atom is -0.493 e. The Kier molecular flexibility index (Phi) is 6.81. The summed E-state index contributed by atoms with van der Waals surface area (Å²) in [4.78, 5) is 10.9. The molecule has 0 amide bonds. The molecule has 0 bridgehead atoms. The van der Waals surface area contributed by atoms with Crippen molar-refractivity contribution in [1.29, 1.82) is 0 Å². The van der Waals surface area contributed by atoms with Gasteiger partial charge < -0.3 is 4.74 Å². The topological polar surface area (TPSA) is 26.3 Å². The first-order valence-corrected chi connectivity index (χ1v) is 6.96. The molecule has 0 fully saturated rings. The number of unbranched alkanes of at least 4 members (excludes halogenated alkanes) is 1. The van der Waals surface area contributed by atoms with E-state index in [1.54, 1.807) is 18.2 Å². The van der Waals surface area contributed by atoms with Crippen LogP contribution >= 0.6 is 11.6 Å². The molecule has 1 atom stereocenters. The maximum atomic E-state index is 10.9. The Morgan fingerprint density at radius 2 is 2.17 bits per heavy atom. The summed E-state index contributed by atoms with van der Waals surface area (Å²) in [5.41, 5.74) is 0.560. The Labute approximate surface area is 114 Å². The van der Waals surface area contributed by atoms with E-state index in [4.69, 9.17) is 16.3 Å². The fourth-order valence-corrected chi connectivity index (χ4v) is 2.00. The number of carbonyl (C=O) groups excluding carboxylic acids is 1. The number of hydrogen-bond acceptors (Lipinski definition) is 2. The van der Waals surface area contributed by atoms with Gasteiger partial charge in [0, 0.05) is 5.02 Å². The number of rotatable bonds is 8. The second kappa shape index (κ2) is 8.15. The molecule has 3 heteroatoms.